The summed E-state index contributed by atoms with van der Waals surface area (Å²) in [6, 6.07) is 5.86. The van der Waals surface area contributed by atoms with Crippen molar-refractivity contribution in [2.75, 3.05) is 14.2 Å². The fourth-order valence-corrected chi connectivity index (χ4v) is 2.53. The van der Waals surface area contributed by atoms with Crippen molar-refractivity contribution in [3.05, 3.63) is 28.6 Å². The molecule has 0 saturated carbocycles. The van der Waals surface area contributed by atoms with Crippen molar-refractivity contribution in [1.29, 1.82) is 0 Å². The minimum absolute atomic E-state index is 0.462. The van der Waals surface area contributed by atoms with Crippen LogP contribution in [0.2, 0.25) is 0 Å². The van der Waals surface area contributed by atoms with Crippen LogP contribution in [0.25, 0.3) is 11.3 Å². The van der Waals surface area contributed by atoms with Gasteiger partial charge in [-0.3, -0.25) is 0 Å². The summed E-state index contributed by atoms with van der Waals surface area (Å²) in [6.07, 6.45) is 0. The second kappa shape index (κ2) is 5.40. The zero-order valence-corrected chi connectivity index (χ0v) is 11.9. The fraction of sp³-hybridized carbons (Fsp3) is 0.357. The second-order valence-electron chi connectivity index (χ2n) is 4.30. The Balaban J connectivity index is 2.38. The fourth-order valence-electron chi connectivity index (χ4n) is 1.68. The van der Waals surface area contributed by atoms with E-state index < -0.39 is 0 Å². The van der Waals surface area contributed by atoms with Gasteiger partial charge < -0.3 is 9.47 Å². The number of ether oxygens (including phenoxy) is 2. The molecule has 96 valence electrons. The number of rotatable bonds is 4. The Hall–Kier alpha value is -1.55. The molecule has 18 heavy (non-hydrogen) atoms. The molecular weight excluding hydrogens is 246 g/mol. The van der Waals surface area contributed by atoms with Crippen LogP contribution >= 0.6 is 11.3 Å². The number of thiazole rings is 1. The Kier molecular flexibility index (Phi) is 3.87. The molecule has 0 radical (unpaired) electrons. The van der Waals surface area contributed by atoms with Gasteiger partial charge in [-0.15, -0.1) is 11.3 Å². The first kappa shape index (κ1) is 12.9. The quantitative estimate of drug-likeness (QED) is 0.837. The third kappa shape index (κ3) is 2.48. The molecule has 3 nitrogen and oxygen atoms in total. The lowest BCUT2D eigenvalue weighted by Crippen LogP contribution is -1.91. The molecule has 0 fully saturated rings. The van der Waals surface area contributed by atoms with Crippen LogP contribution in [-0.4, -0.2) is 19.2 Å². The van der Waals surface area contributed by atoms with Gasteiger partial charge in [-0.2, -0.15) is 0 Å². The average Bonchev–Trinajstić information content (AvgIpc) is 2.87. The highest BCUT2D eigenvalue weighted by Gasteiger charge is 2.10. The molecule has 1 aromatic heterocycles. The van der Waals surface area contributed by atoms with Gasteiger partial charge in [0.1, 0.15) is 0 Å². The van der Waals surface area contributed by atoms with Gasteiger partial charge in [-0.05, 0) is 18.2 Å². The van der Waals surface area contributed by atoms with Crippen molar-refractivity contribution in [1.82, 2.24) is 4.98 Å². The van der Waals surface area contributed by atoms with Crippen LogP contribution in [0, 0.1) is 0 Å². The van der Waals surface area contributed by atoms with E-state index in [0.29, 0.717) is 5.92 Å². The van der Waals surface area contributed by atoms with E-state index in [0.717, 1.165) is 27.8 Å². The van der Waals surface area contributed by atoms with Crippen molar-refractivity contribution < 1.29 is 9.47 Å². The Morgan fingerprint density at radius 2 is 1.83 bits per heavy atom. The van der Waals surface area contributed by atoms with Crippen molar-refractivity contribution >= 4 is 11.3 Å². The average molecular weight is 263 g/mol. The van der Waals surface area contributed by atoms with E-state index in [-0.39, 0.29) is 0 Å². The van der Waals surface area contributed by atoms with Gasteiger partial charge >= 0.3 is 0 Å². The Morgan fingerprint density at radius 3 is 2.39 bits per heavy atom. The van der Waals surface area contributed by atoms with E-state index in [9.17, 15) is 0 Å². The minimum atomic E-state index is 0.462. The summed E-state index contributed by atoms with van der Waals surface area (Å²) in [6.45, 7) is 4.30. The Bertz CT molecular complexity index is 534. The largest absolute Gasteiger partial charge is 0.493 e. The zero-order chi connectivity index (χ0) is 13.1. The molecule has 0 N–H and O–H groups in total. The lowest BCUT2D eigenvalue weighted by atomic mass is 10.1. The maximum Gasteiger partial charge on any atom is 0.161 e. The van der Waals surface area contributed by atoms with E-state index in [1.54, 1.807) is 25.6 Å². The van der Waals surface area contributed by atoms with Crippen LogP contribution in [0.4, 0.5) is 0 Å². The number of benzene rings is 1. The summed E-state index contributed by atoms with van der Waals surface area (Å²) in [5.74, 6) is 1.93. The predicted octanol–water partition coefficient (Wildman–Crippen LogP) is 3.95. The van der Waals surface area contributed by atoms with Gasteiger partial charge in [0.15, 0.2) is 11.5 Å². The van der Waals surface area contributed by atoms with E-state index >= 15 is 0 Å². The van der Waals surface area contributed by atoms with Crippen LogP contribution in [-0.2, 0) is 0 Å². The maximum atomic E-state index is 5.30. The summed E-state index contributed by atoms with van der Waals surface area (Å²) in [5.41, 5.74) is 2.04. The topological polar surface area (TPSA) is 31.4 Å². The van der Waals surface area contributed by atoms with Crippen LogP contribution in [0.15, 0.2) is 23.6 Å². The predicted molar refractivity (Wildman–Crippen MR) is 74.7 cm³/mol. The van der Waals surface area contributed by atoms with Crippen LogP contribution in [0.5, 0.6) is 11.5 Å². The first-order chi connectivity index (χ1) is 8.65. The normalized spacial score (nSPS) is 10.7. The molecule has 0 amide bonds. The highest BCUT2D eigenvalue weighted by Crippen LogP contribution is 2.33. The Morgan fingerprint density at radius 1 is 1.11 bits per heavy atom. The monoisotopic (exact) mass is 263 g/mol. The molecular formula is C14H17NO2S. The second-order valence-corrected chi connectivity index (χ2v) is 5.19. The lowest BCUT2D eigenvalue weighted by molar-refractivity contribution is 0.355. The van der Waals surface area contributed by atoms with Gasteiger partial charge in [0.2, 0.25) is 0 Å². The van der Waals surface area contributed by atoms with E-state index in [1.165, 1.54) is 0 Å². The van der Waals surface area contributed by atoms with Crippen molar-refractivity contribution in [3.8, 4) is 22.8 Å². The summed E-state index contributed by atoms with van der Waals surface area (Å²) < 4.78 is 10.5. The summed E-state index contributed by atoms with van der Waals surface area (Å²) in [7, 11) is 3.28. The molecule has 1 heterocycles. The molecule has 0 saturated heterocycles. The van der Waals surface area contributed by atoms with Crippen molar-refractivity contribution in [2.45, 2.75) is 19.8 Å². The summed E-state index contributed by atoms with van der Waals surface area (Å²) in [4.78, 5) is 4.63. The minimum Gasteiger partial charge on any atom is -0.493 e. The highest BCUT2D eigenvalue weighted by molar-refractivity contribution is 7.10. The first-order valence-electron chi connectivity index (χ1n) is 5.83. The summed E-state index contributed by atoms with van der Waals surface area (Å²) >= 11 is 1.69. The molecule has 0 aliphatic heterocycles. The van der Waals surface area contributed by atoms with E-state index in [1.807, 2.05) is 18.2 Å². The van der Waals surface area contributed by atoms with Crippen LogP contribution in [0.1, 0.15) is 24.8 Å². The standard InChI is InChI=1S/C14H17NO2S/c1-9(2)14-15-11(8-18-14)10-5-6-12(16-3)13(7-10)17-4/h5-9H,1-4H3. The van der Waals surface area contributed by atoms with Gasteiger partial charge in [-0.1, -0.05) is 13.8 Å². The molecule has 4 heteroatoms. The van der Waals surface area contributed by atoms with Gasteiger partial charge in [0, 0.05) is 16.9 Å². The number of methoxy groups -OCH3 is 2. The molecule has 0 spiro atoms. The molecule has 0 unspecified atom stereocenters. The number of aromatic nitrogens is 1. The third-order valence-corrected chi connectivity index (χ3v) is 3.84. The highest BCUT2D eigenvalue weighted by atomic mass is 32.1. The SMILES string of the molecule is COc1ccc(-c2csc(C(C)C)n2)cc1OC. The van der Waals surface area contributed by atoms with Crippen LogP contribution in [0.3, 0.4) is 0 Å². The molecule has 2 rings (SSSR count). The van der Waals surface area contributed by atoms with Crippen LogP contribution < -0.4 is 9.47 Å². The molecule has 2 aromatic rings. The third-order valence-electron chi connectivity index (χ3n) is 2.70. The first-order valence-corrected chi connectivity index (χ1v) is 6.71. The van der Waals surface area contributed by atoms with E-state index in [2.05, 4.69) is 24.2 Å². The summed E-state index contributed by atoms with van der Waals surface area (Å²) in [5, 5.41) is 3.23. The molecule has 1 aromatic carbocycles. The van der Waals surface area contributed by atoms with Crippen molar-refractivity contribution in [3.63, 3.8) is 0 Å². The lowest BCUT2D eigenvalue weighted by Gasteiger charge is -2.08. The van der Waals surface area contributed by atoms with Gasteiger partial charge in [0.25, 0.3) is 0 Å². The van der Waals surface area contributed by atoms with Gasteiger partial charge in [-0.25, -0.2) is 4.98 Å². The van der Waals surface area contributed by atoms with Crippen molar-refractivity contribution in [2.24, 2.45) is 0 Å². The van der Waals surface area contributed by atoms with Gasteiger partial charge in [0.05, 0.1) is 24.9 Å². The molecule has 0 atom stereocenters. The number of nitrogens with zero attached hydrogens (tertiary/aromatic N) is 1. The molecule has 0 bridgehead atoms. The molecule has 0 aliphatic rings. The molecule has 0 aliphatic carbocycles. The number of hydrogen-bond donors (Lipinski definition) is 0. The van der Waals surface area contributed by atoms with E-state index in [4.69, 9.17) is 9.47 Å². The Labute approximate surface area is 111 Å². The zero-order valence-electron chi connectivity index (χ0n) is 11.1. The maximum absolute atomic E-state index is 5.30. The number of hydrogen-bond acceptors (Lipinski definition) is 4. The smallest absolute Gasteiger partial charge is 0.161 e.